The molecule has 1 N–H and O–H groups in total. The second kappa shape index (κ2) is 4.26. The highest BCUT2D eigenvalue weighted by Crippen LogP contribution is 2.25. The quantitative estimate of drug-likeness (QED) is 0.742. The topological polar surface area (TPSA) is 29.1 Å². The van der Waals surface area contributed by atoms with E-state index in [0.717, 1.165) is 31.5 Å². The van der Waals surface area contributed by atoms with E-state index in [1.54, 1.807) is 0 Å². The first-order valence-corrected chi connectivity index (χ1v) is 5.73. The predicted molar refractivity (Wildman–Crippen MR) is 57.1 cm³/mol. The van der Waals surface area contributed by atoms with Crippen molar-refractivity contribution in [3.05, 3.63) is 11.6 Å². The number of rotatable bonds is 3. The maximum atomic E-state index is 12.0. The molecular weight excluding hydrogens is 174 g/mol. The van der Waals surface area contributed by atoms with Gasteiger partial charge in [-0.2, -0.15) is 0 Å². The van der Waals surface area contributed by atoms with Crippen LogP contribution in [0.1, 0.15) is 32.6 Å². The number of ketones is 1. The van der Waals surface area contributed by atoms with Gasteiger partial charge in [0, 0.05) is 5.92 Å². The Labute approximate surface area is 85.8 Å². The molecule has 1 fully saturated rings. The maximum Gasteiger partial charge on any atom is 0.161 e. The molecule has 1 atom stereocenters. The molecule has 0 spiro atoms. The van der Waals surface area contributed by atoms with Gasteiger partial charge in [-0.25, -0.2) is 0 Å². The van der Waals surface area contributed by atoms with E-state index in [-0.39, 0.29) is 5.92 Å². The molecular formula is C12H19NO. The third kappa shape index (κ3) is 1.90. The molecule has 14 heavy (non-hydrogen) atoms. The zero-order valence-corrected chi connectivity index (χ0v) is 8.88. The summed E-state index contributed by atoms with van der Waals surface area (Å²) < 4.78 is 0. The molecule has 2 rings (SSSR count). The van der Waals surface area contributed by atoms with Crippen LogP contribution < -0.4 is 5.32 Å². The molecule has 78 valence electrons. The van der Waals surface area contributed by atoms with Gasteiger partial charge in [0.05, 0.1) is 0 Å². The zero-order chi connectivity index (χ0) is 9.97. The summed E-state index contributed by atoms with van der Waals surface area (Å²) in [7, 11) is 0. The molecule has 2 aliphatic rings. The maximum absolute atomic E-state index is 12.0. The van der Waals surface area contributed by atoms with Gasteiger partial charge < -0.3 is 5.32 Å². The lowest BCUT2D eigenvalue weighted by molar-refractivity contribution is -0.121. The summed E-state index contributed by atoms with van der Waals surface area (Å²) in [6.45, 7) is 4.14. The Morgan fingerprint density at radius 3 is 2.79 bits per heavy atom. The smallest absolute Gasteiger partial charge is 0.161 e. The van der Waals surface area contributed by atoms with Crippen molar-refractivity contribution in [3.63, 3.8) is 0 Å². The third-order valence-corrected chi connectivity index (χ3v) is 3.54. The van der Waals surface area contributed by atoms with Gasteiger partial charge in [-0.05, 0) is 50.3 Å². The summed E-state index contributed by atoms with van der Waals surface area (Å²) in [5, 5.41) is 3.23. The lowest BCUT2D eigenvalue weighted by Crippen LogP contribution is -2.47. The van der Waals surface area contributed by atoms with E-state index in [0.29, 0.717) is 11.7 Å². The molecule has 1 heterocycles. The Hall–Kier alpha value is -0.630. The van der Waals surface area contributed by atoms with Gasteiger partial charge in [-0.15, -0.1) is 0 Å². The van der Waals surface area contributed by atoms with E-state index in [4.69, 9.17) is 0 Å². The fourth-order valence-corrected chi connectivity index (χ4v) is 2.23. The van der Waals surface area contributed by atoms with E-state index >= 15 is 0 Å². The number of nitrogens with one attached hydrogen (secondary N) is 1. The molecule has 0 aromatic rings. The van der Waals surface area contributed by atoms with Crippen molar-refractivity contribution < 1.29 is 4.79 Å². The van der Waals surface area contributed by atoms with Gasteiger partial charge >= 0.3 is 0 Å². The third-order valence-electron chi connectivity index (χ3n) is 3.54. The van der Waals surface area contributed by atoms with Gasteiger partial charge in [-0.3, -0.25) is 4.79 Å². The average Bonchev–Trinajstić information content (AvgIpc) is 2.15. The van der Waals surface area contributed by atoms with Crippen molar-refractivity contribution in [2.24, 2.45) is 11.8 Å². The second-order valence-corrected chi connectivity index (χ2v) is 4.55. The first-order chi connectivity index (χ1) is 6.79. The van der Waals surface area contributed by atoms with Crippen LogP contribution in [0.3, 0.4) is 0 Å². The first kappa shape index (κ1) is 9.91. The molecule has 1 aliphatic heterocycles. The Morgan fingerprint density at radius 2 is 2.29 bits per heavy atom. The number of hydrogen-bond donors (Lipinski definition) is 1. The SMILES string of the molecule is CC(C(=O)C1=CCCCC1)C1CNC1. The highest BCUT2D eigenvalue weighted by Gasteiger charge is 2.30. The highest BCUT2D eigenvalue weighted by atomic mass is 16.1. The summed E-state index contributed by atoms with van der Waals surface area (Å²) in [6, 6.07) is 0. The Morgan fingerprint density at radius 1 is 1.50 bits per heavy atom. The minimum absolute atomic E-state index is 0.237. The number of carbonyl (C=O) groups excluding carboxylic acids is 1. The standard InChI is InChI=1S/C12H19NO/c1-9(11-7-13-8-11)12(14)10-5-3-2-4-6-10/h5,9,11,13H,2-4,6-8H2,1H3. The fraction of sp³-hybridized carbons (Fsp3) is 0.750. The van der Waals surface area contributed by atoms with E-state index < -0.39 is 0 Å². The van der Waals surface area contributed by atoms with E-state index in [2.05, 4.69) is 18.3 Å². The Kier molecular flexibility index (Phi) is 3.02. The van der Waals surface area contributed by atoms with Crippen LogP contribution >= 0.6 is 0 Å². The van der Waals surface area contributed by atoms with Crippen LogP contribution in [0.15, 0.2) is 11.6 Å². The van der Waals surface area contributed by atoms with Crippen LogP contribution in [0.2, 0.25) is 0 Å². The monoisotopic (exact) mass is 193 g/mol. The summed E-state index contributed by atoms with van der Waals surface area (Å²) in [6.07, 6.45) is 6.75. The first-order valence-electron chi connectivity index (χ1n) is 5.73. The predicted octanol–water partition coefficient (Wildman–Crippen LogP) is 1.91. The van der Waals surface area contributed by atoms with Crippen molar-refractivity contribution in [2.45, 2.75) is 32.6 Å². The summed E-state index contributed by atoms with van der Waals surface area (Å²) in [5.41, 5.74) is 1.11. The van der Waals surface area contributed by atoms with Gasteiger partial charge in [-0.1, -0.05) is 13.0 Å². The van der Waals surface area contributed by atoms with Crippen LogP contribution in [0.5, 0.6) is 0 Å². The average molecular weight is 193 g/mol. The van der Waals surface area contributed by atoms with E-state index in [9.17, 15) is 4.79 Å². The molecule has 0 aromatic carbocycles. The van der Waals surface area contributed by atoms with Crippen LogP contribution in [0.4, 0.5) is 0 Å². The minimum Gasteiger partial charge on any atom is -0.316 e. The lowest BCUT2D eigenvalue weighted by Gasteiger charge is -2.32. The summed E-state index contributed by atoms with van der Waals surface area (Å²) in [5.74, 6) is 1.24. The normalized spacial score (nSPS) is 25.1. The summed E-state index contributed by atoms with van der Waals surface area (Å²) in [4.78, 5) is 12.0. The fourth-order valence-electron chi connectivity index (χ4n) is 2.23. The number of allylic oxidation sites excluding steroid dienone is 2. The molecule has 0 radical (unpaired) electrons. The Balaban J connectivity index is 1.95. The summed E-state index contributed by atoms with van der Waals surface area (Å²) >= 11 is 0. The van der Waals surface area contributed by atoms with Crippen molar-refractivity contribution in [3.8, 4) is 0 Å². The van der Waals surface area contributed by atoms with Crippen molar-refractivity contribution in [1.29, 1.82) is 0 Å². The molecule has 0 amide bonds. The molecule has 2 heteroatoms. The van der Waals surface area contributed by atoms with Crippen LogP contribution in [0.25, 0.3) is 0 Å². The molecule has 0 aromatic heterocycles. The largest absolute Gasteiger partial charge is 0.316 e. The van der Waals surface area contributed by atoms with Gasteiger partial charge in [0.2, 0.25) is 0 Å². The van der Waals surface area contributed by atoms with Crippen molar-refractivity contribution in [2.75, 3.05) is 13.1 Å². The molecule has 1 unspecified atom stereocenters. The molecule has 0 bridgehead atoms. The number of Topliss-reactive ketones (excluding diaryl/α,β-unsaturated/α-hetero) is 1. The van der Waals surface area contributed by atoms with E-state index in [1.165, 1.54) is 12.8 Å². The van der Waals surface area contributed by atoms with Gasteiger partial charge in [0.25, 0.3) is 0 Å². The van der Waals surface area contributed by atoms with Crippen LogP contribution in [0, 0.1) is 11.8 Å². The minimum atomic E-state index is 0.237. The molecule has 1 aliphatic carbocycles. The zero-order valence-electron chi connectivity index (χ0n) is 8.88. The Bertz CT molecular complexity index is 253. The molecule has 2 nitrogen and oxygen atoms in total. The van der Waals surface area contributed by atoms with Gasteiger partial charge in [0.15, 0.2) is 5.78 Å². The van der Waals surface area contributed by atoms with E-state index in [1.807, 2.05) is 0 Å². The number of hydrogen-bond acceptors (Lipinski definition) is 2. The highest BCUT2D eigenvalue weighted by molar-refractivity contribution is 5.97. The number of carbonyl (C=O) groups is 1. The second-order valence-electron chi connectivity index (χ2n) is 4.55. The molecule has 1 saturated heterocycles. The van der Waals surface area contributed by atoms with Crippen molar-refractivity contribution >= 4 is 5.78 Å². The lowest BCUT2D eigenvalue weighted by atomic mass is 9.81. The van der Waals surface area contributed by atoms with Crippen LogP contribution in [-0.4, -0.2) is 18.9 Å². The molecule has 0 saturated carbocycles. The van der Waals surface area contributed by atoms with Gasteiger partial charge in [0.1, 0.15) is 0 Å². The van der Waals surface area contributed by atoms with Crippen LogP contribution in [-0.2, 0) is 4.79 Å². The van der Waals surface area contributed by atoms with Crippen molar-refractivity contribution in [1.82, 2.24) is 5.32 Å².